The molecule has 0 saturated heterocycles. The van der Waals surface area contributed by atoms with Crippen molar-refractivity contribution in [1.29, 1.82) is 0 Å². The number of anilines is 2. The summed E-state index contributed by atoms with van der Waals surface area (Å²) >= 11 is 0. The van der Waals surface area contributed by atoms with Gasteiger partial charge in [-0.1, -0.05) is 36.4 Å². The Morgan fingerprint density at radius 3 is 2.15 bits per heavy atom. The van der Waals surface area contributed by atoms with Gasteiger partial charge in [-0.3, -0.25) is 4.79 Å². The standard InChI is InChI=1S/C23H24N2O2/c1-17-5-3-7-20(13-17)24-15-19-9-11-22(12-10-19)27-16-23(26)25-21-8-4-6-18(2)14-21/h3-14,24H,15-16H2,1-2H3,(H,25,26). The zero-order chi connectivity index (χ0) is 19.1. The van der Waals surface area contributed by atoms with E-state index in [0.29, 0.717) is 5.75 Å². The first kappa shape index (κ1) is 18.5. The van der Waals surface area contributed by atoms with Gasteiger partial charge in [0, 0.05) is 17.9 Å². The van der Waals surface area contributed by atoms with Gasteiger partial charge in [-0.25, -0.2) is 0 Å². The Morgan fingerprint density at radius 2 is 1.48 bits per heavy atom. The van der Waals surface area contributed by atoms with E-state index in [0.717, 1.165) is 29.0 Å². The predicted molar refractivity (Wildman–Crippen MR) is 110 cm³/mol. The average molecular weight is 360 g/mol. The Kier molecular flexibility index (Phi) is 6.10. The molecule has 0 bridgehead atoms. The number of aryl methyl sites for hydroxylation is 2. The summed E-state index contributed by atoms with van der Waals surface area (Å²) in [6, 6.07) is 23.7. The first-order valence-electron chi connectivity index (χ1n) is 8.97. The van der Waals surface area contributed by atoms with Crippen molar-refractivity contribution in [1.82, 2.24) is 0 Å². The van der Waals surface area contributed by atoms with Crippen LogP contribution in [-0.4, -0.2) is 12.5 Å². The maximum atomic E-state index is 12.0. The van der Waals surface area contributed by atoms with E-state index in [4.69, 9.17) is 4.74 Å². The second-order valence-corrected chi connectivity index (χ2v) is 6.57. The van der Waals surface area contributed by atoms with E-state index in [1.54, 1.807) is 0 Å². The molecule has 0 spiro atoms. The monoisotopic (exact) mass is 360 g/mol. The molecule has 1 amide bonds. The van der Waals surface area contributed by atoms with Crippen molar-refractivity contribution >= 4 is 17.3 Å². The molecule has 0 radical (unpaired) electrons. The molecule has 0 atom stereocenters. The van der Waals surface area contributed by atoms with Crippen LogP contribution >= 0.6 is 0 Å². The minimum absolute atomic E-state index is 0.0190. The van der Waals surface area contributed by atoms with Crippen molar-refractivity contribution in [2.45, 2.75) is 20.4 Å². The van der Waals surface area contributed by atoms with Gasteiger partial charge in [0.15, 0.2) is 6.61 Å². The lowest BCUT2D eigenvalue weighted by Crippen LogP contribution is -2.20. The summed E-state index contributed by atoms with van der Waals surface area (Å²) in [5.74, 6) is 0.500. The Hall–Kier alpha value is -3.27. The number of nitrogens with one attached hydrogen (secondary N) is 2. The van der Waals surface area contributed by atoms with Gasteiger partial charge in [0.1, 0.15) is 5.75 Å². The maximum Gasteiger partial charge on any atom is 0.262 e. The maximum absolute atomic E-state index is 12.0. The molecule has 138 valence electrons. The molecule has 0 aliphatic carbocycles. The van der Waals surface area contributed by atoms with Crippen molar-refractivity contribution < 1.29 is 9.53 Å². The predicted octanol–water partition coefficient (Wildman–Crippen LogP) is 4.93. The number of carbonyl (C=O) groups excluding carboxylic acids is 1. The van der Waals surface area contributed by atoms with Gasteiger partial charge < -0.3 is 15.4 Å². The highest BCUT2D eigenvalue weighted by molar-refractivity contribution is 5.91. The molecule has 3 aromatic carbocycles. The Labute approximate surface area is 160 Å². The van der Waals surface area contributed by atoms with Gasteiger partial charge in [-0.05, 0) is 66.9 Å². The highest BCUT2D eigenvalue weighted by Gasteiger charge is 2.04. The Balaban J connectivity index is 1.46. The minimum Gasteiger partial charge on any atom is -0.484 e. The van der Waals surface area contributed by atoms with E-state index in [-0.39, 0.29) is 12.5 Å². The lowest BCUT2D eigenvalue weighted by Gasteiger charge is -2.10. The normalized spacial score (nSPS) is 10.3. The molecule has 0 saturated carbocycles. The van der Waals surface area contributed by atoms with Gasteiger partial charge in [-0.2, -0.15) is 0 Å². The largest absolute Gasteiger partial charge is 0.484 e. The summed E-state index contributed by atoms with van der Waals surface area (Å²) in [6.45, 7) is 4.78. The highest BCUT2D eigenvalue weighted by atomic mass is 16.5. The molecule has 3 aromatic rings. The van der Waals surface area contributed by atoms with Crippen LogP contribution in [0.2, 0.25) is 0 Å². The quantitative estimate of drug-likeness (QED) is 0.628. The van der Waals surface area contributed by atoms with Crippen LogP contribution in [0.3, 0.4) is 0 Å². The van der Waals surface area contributed by atoms with E-state index in [2.05, 4.69) is 35.8 Å². The first-order chi connectivity index (χ1) is 13.1. The summed E-state index contributed by atoms with van der Waals surface area (Å²) in [5.41, 5.74) is 5.36. The van der Waals surface area contributed by atoms with E-state index in [1.165, 1.54) is 5.56 Å². The fourth-order valence-electron chi connectivity index (χ4n) is 2.73. The summed E-state index contributed by atoms with van der Waals surface area (Å²) < 4.78 is 5.57. The topological polar surface area (TPSA) is 50.4 Å². The zero-order valence-electron chi connectivity index (χ0n) is 15.7. The van der Waals surface area contributed by atoms with Gasteiger partial charge in [0.2, 0.25) is 0 Å². The third kappa shape index (κ3) is 5.89. The number of ether oxygens (including phenoxy) is 1. The van der Waals surface area contributed by atoms with Crippen LogP contribution in [-0.2, 0) is 11.3 Å². The molecule has 0 aromatic heterocycles. The number of hydrogen-bond donors (Lipinski definition) is 2. The Morgan fingerprint density at radius 1 is 0.852 bits per heavy atom. The fraction of sp³-hybridized carbons (Fsp3) is 0.174. The second-order valence-electron chi connectivity index (χ2n) is 6.57. The van der Waals surface area contributed by atoms with Gasteiger partial charge in [0.25, 0.3) is 5.91 Å². The van der Waals surface area contributed by atoms with Crippen molar-refractivity contribution in [3.8, 4) is 5.75 Å². The van der Waals surface area contributed by atoms with Gasteiger partial charge in [0.05, 0.1) is 0 Å². The number of rotatable bonds is 7. The van der Waals surface area contributed by atoms with E-state index >= 15 is 0 Å². The summed E-state index contributed by atoms with van der Waals surface area (Å²) in [6.07, 6.45) is 0. The Bertz CT molecular complexity index is 904. The molecule has 27 heavy (non-hydrogen) atoms. The number of amides is 1. The second kappa shape index (κ2) is 8.90. The number of carbonyl (C=O) groups is 1. The average Bonchev–Trinajstić information content (AvgIpc) is 2.66. The van der Waals surface area contributed by atoms with Crippen molar-refractivity contribution in [2.24, 2.45) is 0 Å². The lowest BCUT2D eigenvalue weighted by molar-refractivity contribution is -0.118. The molecule has 0 unspecified atom stereocenters. The number of hydrogen-bond acceptors (Lipinski definition) is 3. The molecule has 4 heteroatoms. The van der Waals surface area contributed by atoms with Crippen molar-refractivity contribution in [2.75, 3.05) is 17.2 Å². The summed E-state index contributed by atoms with van der Waals surface area (Å²) in [7, 11) is 0. The van der Waals surface area contributed by atoms with Crippen LogP contribution in [0.1, 0.15) is 16.7 Å². The molecule has 3 rings (SSSR count). The molecule has 2 N–H and O–H groups in total. The molecular formula is C23H24N2O2. The van der Waals surface area contributed by atoms with Crippen molar-refractivity contribution in [3.05, 3.63) is 89.5 Å². The third-order valence-corrected chi connectivity index (χ3v) is 4.11. The third-order valence-electron chi connectivity index (χ3n) is 4.11. The first-order valence-corrected chi connectivity index (χ1v) is 8.97. The van der Waals surface area contributed by atoms with Gasteiger partial charge >= 0.3 is 0 Å². The van der Waals surface area contributed by atoms with Crippen LogP contribution in [0.5, 0.6) is 5.75 Å². The molecule has 0 aliphatic rings. The fourth-order valence-corrected chi connectivity index (χ4v) is 2.73. The molecule has 0 fully saturated rings. The highest BCUT2D eigenvalue weighted by Crippen LogP contribution is 2.15. The number of benzene rings is 3. The summed E-state index contributed by atoms with van der Waals surface area (Å²) in [4.78, 5) is 12.0. The lowest BCUT2D eigenvalue weighted by atomic mass is 10.2. The molecule has 4 nitrogen and oxygen atoms in total. The van der Waals surface area contributed by atoms with Crippen LogP contribution in [0, 0.1) is 13.8 Å². The molecule has 0 heterocycles. The van der Waals surface area contributed by atoms with E-state index in [1.807, 2.05) is 61.5 Å². The minimum atomic E-state index is -0.175. The van der Waals surface area contributed by atoms with E-state index < -0.39 is 0 Å². The van der Waals surface area contributed by atoms with Gasteiger partial charge in [-0.15, -0.1) is 0 Å². The van der Waals surface area contributed by atoms with E-state index in [9.17, 15) is 4.79 Å². The smallest absolute Gasteiger partial charge is 0.262 e. The SMILES string of the molecule is Cc1cccc(NCc2ccc(OCC(=O)Nc3cccc(C)c3)cc2)c1. The zero-order valence-corrected chi connectivity index (χ0v) is 15.7. The van der Waals surface area contributed by atoms with Crippen LogP contribution < -0.4 is 15.4 Å². The summed E-state index contributed by atoms with van der Waals surface area (Å²) in [5, 5.41) is 6.23. The van der Waals surface area contributed by atoms with Crippen LogP contribution in [0.25, 0.3) is 0 Å². The molecular weight excluding hydrogens is 336 g/mol. The molecule has 0 aliphatic heterocycles. The van der Waals surface area contributed by atoms with Crippen LogP contribution in [0.4, 0.5) is 11.4 Å². The van der Waals surface area contributed by atoms with Crippen LogP contribution in [0.15, 0.2) is 72.8 Å². The van der Waals surface area contributed by atoms with Crippen molar-refractivity contribution in [3.63, 3.8) is 0 Å².